The maximum atomic E-state index is 12.1. The van der Waals surface area contributed by atoms with Gasteiger partial charge < -0.3 is 15.4 Å². The van der Waals surface area contributed by atoms with Crippen molar-refractivity contribution in [1.29, 1.82) is 0 Å². The molecule has 6 heteroatoms. The van der Waals surface area contributed by atoms with Crippen LogP contribution in [0, 0.1) is 0 Å². The van der Waals surface area contributed by atoms with Gasteiger partial charge in [-0.1, -0.05) is 6.07 Å². The number of carbonyl (C=O) groups is 1. The lowest BCUT2D eigenvalue weighted by Gasteiger charge is -2.47. The van der Waals surface area contributed by atoms with Crippen LogP contribution in [0.2, 0.25) is 0 Å². The number of fused-ring (bicyclic) bond motifs is 1. The van der Waals surface area contributed by atoms with Crippen LogP contribution in [0.5, 0.6) is 0 Å². The molecule has 0 bridgehead atoms. The second-order valence-corrected chi connectivity index (χ2v) is 6.59. The molecule has 122 valence electrons. The molecule has 2 aromatic heterocycles. The Hall–Kier alpha value is -2.08. The van der Waals surface area contributed by atoms with Gasteiger partial charge in [0.1, 0.15) is 0 Å². The Morgan fingerprint density at radius 2 is 2.22 bits per heavy atom. The van der Waals surface area contributed by atoms with E-state index in [0.29, 0.717) is 12.2 Å². The van der Waals surface area contributed by atoms with E-state index >= 15 is 0 Å². The maximum absolute atomic E-state index is 12.1. The summed E-state index contributed by atoms with van der Waals surface area (Å²) in [5, 5.41) is 10.0. The Morgan fingerprint density at radius 1 is 1.35 bits per heavy atom. The number of nitrogens with zero attached hydrogens (tertiary/aromatic N) is 2. The smallest absolute Gasteiger partial charge is 0.319 e. The summed E-state index contributed by atoms with van der Waals surface area (Å²) in [5.74, 6) is 0. The third-order valence-electron chi connectivity index (χ3n) is 5.00. The Labute approximate surface area is 135 Å². The second-order valence-electron chi connectivity index (χ2n) is 6.59. The number of aromatic nitrogens is 2. The minimum atomic E-state index is -0.208. The van der Waals surface area contributed by atoms with Crippen LogP contribution < -0.4 is 10.6 Å². The fourth-order valence-corrected chi connectivity index (χ4v) is 3.61. The topological polar surface area (TPSA) is 67.7 Å². The molecule has 0 aromatic carbocycles. The average Bonchev–Trinajstić information content (AvgIpc) is 2.95. The molecular formula is C17H22N4O2. The zero-order valence-corrected chi connectivity index (χ0v) is 13.1. The minimum absolute atomic E-state index is 0.128. The molecule has 3 heterocycles. The molecule has 2 aliphatic rings. The molecule has 1 spiro atoms. The summed E-state index contributed by atoms with van der Waals surface area (Å²) in [7, 11) is 0. The van der Waals surface area contributed by atoms with Gasteiger partial charge in [-0.15, -0.1) is 0 Å². The molecule has 1 saturated heterocycles. The van der Waals surface area contributed by atoms with Crippen LogP contribution in [-0.2, 0) is 4.74 Å². The zero-order chi connectivity index (χ0) is 15.7. The number of amides is 2. The monoisotopic (exact) mass is 314 g/mol. The first-order valence-corrected chi connectivity index (χ1v) is 8.39. The predicted octanol–water partition coefficient (Wildman–Crippen LogP) is 2.95. The van der Waals surface area contributed by atoms with Gasteiger partial charge in [0.15, 0.2) is 0 Å². The zero-order valence-electron chi connectivity index (χ0n) is 13.1. The van der Waals surface area contributed by atoms with Crippen molar-refractivity contribution >= 4 is 17.2 Å². The molecule has 0 radical (unpaired) electrons. The largest absolute Gasteiger partial charge is 0.370 e. The van der Waals surface area contributed by atoms with E-state index in [0.717, 1.165) is 11.9 Å². The average molecular weight is 314 g/mol. The van der Waals surface area contributed by atoms with Crippen LogP contribution in [0.1, 0.15) is 38.5 Å². The van der Waals surface area contributed by atoms with Gasteiger partial charge in [0, 0.05) is 12.7 Å². The van der Waals surface area contributed by atoms with Crippen LogP contribution in [0.3, 0.4) is 0 Å². The van der Waals surface area contributed by atoms with E-state index in [9.17, 15) is 4.79 Å². The number of hydrogen-bond acceptors (Lipinski definition) is 3. The molecule has 2 amide bonds. The summed E-state index contributed by atoms with van der Waals surface area (Å²) >= 11 is 0. The highest BCUT2D eigenvalue weighted by Crippen LogP contribution is 2.43. The van der Waals surface area contributed by atoms with Crippen LogP contribution in [-0.4, -0.2) is 33.9 Å². The van der Waals surface area contributed by atoms with E-state index in [2.05, 4.69) is 15.7 Å². The van der Waals surface area contributed by atoms with Gasteiger partial charge in [-0.2, -0.15) is 5.10 Å². The van der Waals surface area contributed by atoms with Gasteiger partial charge in [0.25, 0.3) is 0 Å². The number of anilines is 1. The molecule has 1 aliphatic carbocycles. The van der Waals surface area contributed by atoms with Crippen molar-refractivity contribution in [2.45, 2.75) is 50.2 Å². The van der Waals surface area contributed by atoms with Gasteiger partial charge in [0.05, 0.1) is 29.1 Å². The predicted molar refractivity (Wildman–Crippen MR) is 87.5 cm³/mol. The maximum Gasteiger partial charge on any atom is 0.319 e. The summed E-state index contributed by atoms with van der Waals surface area (Å²) < 4.78 is 7.94. The second kappa shape index (κ2) is 5.85. The van der Waals surface area contributed by atoms with Gasteiger partial charge in [-0.25, -0.2) is 9.31 Å². The fraction of sp³-hybridized carbons (Fsp3) is 0.529. The number of nitrogens with one attached hydrogen (secondary N) is 2. The number of carbonyl (C=O) groups excluding carboxylic acids is 1. The summed E-state index contributed by atoms with van der Waals surface area (Å²) in [6, 6.07) is 5.54. The van der Waals surface area contributed by atoms with E-state index in [1.165, 1.54) is 32.1 Å². The van der Waals surface area contributed by atoms with Crippen molar-refractivity contribution in [3.63, 3.8) is 0 Å². The summed E-state index contributed by atoms with van der Waals surface area (Å²) in [6.45, 7) is 0.562. The lowest BCUT2D eigenvalue weighted by atomic mass is 9.74. The standard InChI is InChI=1S/C17H22N4O2/c22-16(20-14-12-19-21-10-2-1-6-15(14)21)18-11-13-5-3-7-17(23-13)8-4-9-17/h1-2,6,10,12-13H,3-5,7-9,11H2,(H2,18,20,22). The van der Waals surface area contributed by atoms with E-state index in [4.69, 9.17) is 4.74 Å². The Morgan fingerprint density at radius 3 is 3.04 bits per heavy atom. The molecule has 2 N–H and O–H groups in total. The van der Waals surface area contributed by atoms with Gasteiger partial charge in [-0.3, -0.25) is 0 Å². The number of rotatable bonds is 3. The van der Waals surface area contributed by atoms with E-state index in [1.807, 2.05) is 24.4 Å². The van der Waals surface area contributed by atoms with E-state index in [-0.39, 0.29) is 17.7 Å². The van der Waals surface area contributed by atoms with Gasteiger partial charge in [0.2, 0.25) is 0 Å². The SMILES string of the molecule is O=C(NCC1CCCC2(CCC2)O1)Nc1cnn2ccccc12. The number of urea groups is 1. The van der Waals surface area contributed by atoms with Crippen LogP contribution >= 0.6 is 0 Å². The normalized spacial score (nSPS) is 22.7. The molecule has 2 aromatic rings. The summed E-state index contributed by atoms with van der Waals surface area (Å²) in [4.78, 5) is 12.1. The van der Waals surface area contributed by atoms with Crippen LogP contribution in [0.4, 0.5) is 10.5 Å². The molecule has 1 aliphatic heterocycles. The molecule has 4 rings (SSSR count). The van der Waals surface area contributed by atoms with Crippen LogP contribution in [0.15, 0.2) is 30.6 Å². The van der Waals surface area contributed by atoms with Crippen molar-refractivity contribution in [3.05, 3.63) is 30.6 Å². The lowest BCUT2D eigenvalue weighted by Crippen LogP contribution is -2.49. The summed E-state index contributed by atoms with van der Waals surface area (Å²) in [6.07, 6.45) is 10.7. The highest BCUT2D eigenvalue weighted by Gasteiger charge is 2.42. The Kier molecular flexibility index (Phi) is 3.69. The molecule has 6 nitrogen and oxygen atoms in total. The Bertz CT molecular complexity index is 707. The van der Waals surface area contributed by atoms with Crippen molar-refractivity contribution in [2.24, 2.45) is 0 Å². The minimum Gasteiger partial charge on any atom is -0.370 e. The Balaban J connectivity index is 1.32. The lowest BCUT2D eigenvalue weighted by molar-refractivity contribution is -0.166. The molecular weight excluding hydrogens is 292 g/mol. The molecule has 1 saturated carbocycles. The molecule has 23 heavy (non-hydrogen) atoms. The quantitative estimate of drug-likeness (QED) is 0.915. The highest BCUT2D eigenvalue weighted by molar-refractivity contribution is 5.93. The van der Waals surface area contributed by atoms with Crippen molar-refractivity contribution < 1.29 is 9.53 Å². The van der Waals surface area contributed by atoms with Crippen molar-refractivity contribution in [1.82, 2.24) is 14.9 Å². The van der Waals surface area contributed by atoms with Crippen LogP contribution in [0.25, 0.3) is 5.52 Å². The number of hydrogen-bond donors (Lipinski definition) is 2. The van der Waals surface area contributed by atoms with Gasteiger partial charge in [-0.05, 0) is 50.7 Å². The third-order valence-corrected chi connectivity index (χ3v) is 5.00. The molecule has 1 unspecified atom stereocenters. The molecule has 2 fully saturated rings. The number of pyridine rings is 1. The third kappa shape index (κ3) is 2.91. The van der Waals surface area contributed by atoms with E-state index < -0.39 is 0 Å². The van der Waals surface area contributed by atoms with Crippen molar-refractivity contribution in [3.8, 4) is 0 Å². The van der Waals surface area contributed by atoms with Gasteiger partial charge >= 0.3 is 6.03 Å². The number of ether oxygens (including phenoxy) is 1. The fourth-order valence-electron chi connectivity index (χ4n) is 3.61. The summed E-state index contributed by atoms with van der Waals surface area (Å²) in [5.41, 5.74) is 1.72. The first-order valence-electron chi connectivity index (χ1n) is 8.39. The first kappa shape index (κ1) is 14.5. The van der Waals surface area contributed by atoms with E-state index in [1.54, 1.807) is 10.7 Å². The highest BCUT2D eigenvalue weighted by atomic mass is 16.5. The molecule has 1 atom stereocenters. The first-order chi connectivity index (χ1) is 11.2. The van der Waals surface area contributed by atoms with Crippen molar-refractivity contribution in [2.75, 3.05) is 11.9 Å².